The predicted octanol–water partition coefficient (Wildman–Crippen LogP) is 6.39. The van der Waals surface area contributed by atoms with Crippen LogP contribution in [0, 0.1) is 10.1 Å². The van der Waals surface area contributed by atoms with Crippen molar-refractivity contribution in [2.24, 2.45) is 10.1 Å². The molecule has 1 aliphatic carbocycles. The SMILES string of the molecule is CC(=Nn1c(-c2ccc(Br)cc2)csc1=NC1CCCCC1)c1ccc([N+](=O)[O-])cc1. The molecule has 6 nitrogen and oxygen atoms in total. The van der Waals surface area contributed by atoms with Crippen LogP contribution < -0.4 is 4.80 Å². The minimum atomic E-state index is -0.392. The van der Waals surface area contributed by atoms with E-state index in [0.717, 1.165) is 44.6 Å². The van der Waals surface area contributed by atoms with Crippen LogP contribution in [-0.2, 0) is 0 Å². The summed E-state index contributed by atoms with van der Waals surface area (Å²) in [5.41, 5.74) is 3.73. The number of thiazole rings is 1. The first-order valence-corrected chi connectivity index (χ1v) is 12.0. The molecule has 0 saturated heterocycles. The number of nitrogens with zero attached hydrogens (tertiary/aromatic N) is 4. The molecular formula is C23H23BrN4O2S. The molecule has 0 amide bonds. The molecule has 0 atom stereocenters. The van der Waals surface area contributed by atoms with E-state index < -0.39 is 4.92 Å². The van der Waals surface area contributed by atoms with Crippen LogP contribution in [0.3, 0.4) is 0 Å². The first-order chi connectivity index (χ1) is 15.0. The summed E-state index contributed by atoms with van der Waals surface area (Å²) in [7, 11) is 0. The highest BCUT2D eigenvalue weighted by Crippen LogP contribution is 2.24. The molecule has 0 unspecified atom stereocenters. The third kappa shape index (κ3) is 5.19. The Morgan fingerprint density at radius 1 is 1.10 bits per heavy atom. The van der Waals surface area contributed by atoms with E-state index in [1.165, 1.54) is 31.4 Å². The summed E-state index contributed by atoms with van der Waals surface area (Å²) in [6, 6.07) is 15.0. The quantitative estimate of drug-likeness (QED) is 0.232. The fourth-order valence-electron chi connectivity index (χ4n) is 3.70. The molecule has 0 N–H and O–H groups in total. The van der Waals surface area contributed by atoms with Gasteiger partial charge in [0.1, 0.15) is 0 Å². The van der Waals surface area contributed by atoms with E-state index in [0.29, 0.717) is 6.04 Å². The first kappa shape index (κ1) is 21.6. The molecule has 1 saturated carbocycles. The molecule has 1 aromatic heterocycles. The molecule has 0 radical (unpaired) electrons. The minimum absolute atomic E-state index is 0.0725. The van der Waals surface area contributed by atoms with Crippen molar-refractivity contribution in [3.05, 3.63) is 78.9 Å². The van der Waals surface area contributed by atoms with Crippen LogP contribution in [0.4, 0.5) is 5.69 Å². The third-order valence-corrected chi connectivity index (χ3v) is 6.80. The van der Waals surface area contributed by atoms with E-state index in [1.807, 2.05) is 23.7 Å². The van der Waals surface area contributed by atoms with Crippen molar-refractivity contribution in [1.29, 1.82) is 0 Å². The van der Waals surface area contributed by atoms with Gasteiger partial charge in [-0.2, -0.15) is 5.10 Å². The number of hydrogen-bond acceptors (Lipinski definition) is 5. The van der Waals surface area contributed by atoms with E-state index in [-0.39, 0.29) is 5.69 Å². The number of aromatic nitrogens is 1. The Kier molecular flexibility index (Phi) is 6.77. The Morgan fingerprint density at radius 2 is 1.77 bits per heavy atom. The van der Waals surface area contributed by atoms with Gasteiger partial charge in [0.05, 0.1) is 22.4 Å². The number of rotatable bonds is 5. The Labute approximate surface area is 193 Å². The summed E-state index contributed by atoms with van der Waals surface area (Å²) in [5.74, 6) is 0. The van der Waals surface area contributed by atoms with Crippen molar-refractivity contribution in [3.63, 3.8) is 0 Å². The lowest BCUT2D eigenvalue weighted by Gasteiger charge is -2.17. The van der Waals surface area contributed by atoms with Crippen molar-refractivity contribution in [1.82, 2.24) is 4.68 Å². The second kappa shape index (κ2) is 9.70. The molecule has 31 heavy (non-hydrogen) atoms. The Balaban J connectivity index is 1.78. The molecule has 1 aliphatic rings. The Hall–Kier alpha value is -2.58. The highest BCUT2D eigenvalue weighted by molar-refractivity contribution is 9.10. The molecule has 0 aliphatic heterocycles. The summed E-state index contributed by atoms with van der Waals surface area (Å²) in [4.78, 5) is 16.5. The van der Waals surface area contributed by atoms with Crippen molar-refractivity contribution in [3.8, 4) is 11.3 Å². The van der Waals surface area contributed by atoms with E-state index in [1.54, 1.807) is 23.5 Å². The summed E-state index contributed by atoms with van der Waals surface area (Å²) < 4.78 is 2.94. The van der Waals surface area contributed by atoms with Crippen LogP contribution >= 0.6 is 27.3 Å². The highest BCUT2D eigenvalue weighted by atomic mass is 79.9. The van der Waals surface area contributed by atoms with Crippen LogP contribution in [0.1, 0.15) is 44.6 Å². The average Bonchev–Trinajstić information content (AvgIpc) is 3.17. The fraction of sp³-hybridized carbons (Fsp3) is 0.304. The van der Waals surface area contributed by atoms with E-state index in [2.05, 4.69) is 33.4 Å². The second-order valence-corrected chi connectivity index (χ2v) is 9.38. The lowest BCUT2D eigenvalue weighted by Crippen LogP contribution is -2.19. The maximum Gasteiger partial charge on any atom is 0.269 e. The largest absolute Gasteiger partial charge is 0.269 e. The molecule has 1 heterocycles. The predicted molar refractivity (Wildman–Crippen MR) is 129 cm³/mol. The van der Waals surface area contributed by atoms with E-state index >= 15 is 0 Å². The van der Waals surface area contributed by atoms with Crippen molar-refractivity contribution in [2.45, 2.75) is 45.1 Å². The topological polar surface area (TPSA) is 72.8 Å². The molecule has 160 valence electrons. The second-order valence-electron chi connectivity index (χ2n) is 7.63. The average molecular weight is 499 g/mol. The lowest BCUT2D eigenvalue weighted by atomic mass is 9.96. The van der Waals surface area contributed by atoms with Crippen LogP contribution in [0.25, 0.3) is 11.3 Å². The van der Waals surface area contributed by atoms with Gasteiger partial charge >= 0.3 is 0 Å². The Bertz CT molecular complexity index is 1160. The van der Waals surface area contributed by atoms with Gasteiger partial charge in [0.2, 0.25) is 4.80 Å². The monoisotopic (exact) mass is 498 g/mol. The fourth-order valence-corrected chi connectivity index (χ4v) is 4.87. The minimum Gasteiger partial charge on any atom is -0.258 e. The van der Waals surface area contributed by atoms with Gasteiger partial charge in [-0.05, 0) is 49.6 Å². The van der Waals surface area contributed by atoms with Gasteiger partial charge in [0.15, 0.2) is 0 Å². The summed E-state index contributed by atoms with van der Waals surface area (Å²) in [6.07, 6.45) is 5.99. The molecular weight excluding hydrogens is 476 g/mol. The number of halogens is 1. The smallest absolute Gasteiger partial charge is 0.258 e. The van der Waals surface area contributed by atoms with Crippen molar-refractivity contribution < 1.29 is 4.92 Å². The van der Waals surface area contributed by atoms with E-state index in [4.69, 9.17) is 10.1 Å². The molecule has 8 heteroatoms. The summed E-state index contributed by atoms with van der Waals surface area (Å²) in [5, 5.41) is 17.9. The molecule has 1 fully saturated rings. The first-order valence-electron chi connectivity index (χ1n) is 10.3. The van der Waals surface area contributed by atoms with Gasteiger partial charge < -0.3 is 0 Å². The maximum atomic E-state index is 11.0. The highest BCUT2D eigenvalue weighted by Gasteiger charge is 2.15. The number of benzene rings is 2. The van der Waals surface area contributed by atoms with Gasteiger partial charge in [-0.25, -0.2) is 4.68 Å². The number of hydrogen-bond donors (Lipinski definition) is 0. The number of nitro benzene ring substituents is 1. The van der Waals surface area contributed by atoms with E-state index in [9.17, 15) is 10.1 Å². The molecule has 3 aromatic rings. The molecule has 2 aromatic carbocycles. The van der Waals surface area contributed by atoms with Crippen LogP contribution in [0.5, 0.6) is 0 Å². The summed E-state index contributed by atoms with van der Waals surface area (Å²) >= 11 is 5.10. The Morgan fingerprint density at radius 3 is 2.42 bits per heavy atom. The van der Waals surface area contributed by atoms with Gasteiger partial charge in [-0.1, -0.05) is 47.3 Å². The van der Waals surface area contributed by atoms with Crippen LogP contribution in [-0.4, -0.2) is 21.4 Å². The number of nitro groups is 1. The zero-order valence-corrected chi connectivity index (χ0v) is 19.6. The zero-order chi connectivity index (χ0) is 21.8. The third-order valence-electron chi connectivity index (χ3n) is 5.44. The number of non-ortho nitro benzene ring substituents is 1. The zero-order valence-electron chi connectivity index (χ0n) is 17.2. The van der Waals surface area contributed by atoms with Crippen molar-refractivity contribution in [2.75, 3.05) is 0 Å². The van der Waals surface area contributed by atoms with Crippen LogP contribution in [0.15, 0.2) is 68.5 Å². The molecule has 0 bridgehead atoms. The summed E-state index contributed by atoms with van der Waals surface area (Å²) in [6.45, 7) is 1.92. The standard InChI is InChI=1S/C23H23BrN4O2S/c1-16(17-9-13-21(14-10-17)28(29)30)26-27-22(18-7-11-19(24)12-8-18)15-31-23(27)25-20-5-3-2-4-6-20/h7-15,20H,2-6H2,1H3. The van der Waals surface area contributed by atoms with Gasteiger partial charge in [-0.3, -0.25) is 15.1 Å². The van der Waals surface area contributed by atoms with Gasteiger partial charge in [0, 0.05) is 27.5 Å². The van der Waals surface area contributed by atoms with Crippen LogP contribution in [0.2, 0.25) is 0 Å². The lowest BCUT2D eigenvalue weighted by molar-refractivity contribution is -0.384. The van der Waals surface area contributed by atoms with Crippen molar-refractivity contribution >= 4 is 38.7 Å². The van der Waals surface area contributed by atoms with Gasteiger partial charge in [0.25, 0.3) is 5.69 Å². The maximum absolute atomic E-state index is 11.0. The molecule has 0 spiro atoms. The van der Waals surface area contributed by atoms with Gasteiger partial charge in [-0.15, -0.1) is 11.3 Å². The molecule has 4 rings (SSSR count). The normalized spacial score (nSPS) is 15.9.